The maximum absolute atomic E-state index is 11.9. The van der Waals surface area contributed by atoms with Gasteiger partial charge >= 0.3 is 0 Å². The molecule has 2 N–H and O–H groups in total. The zero-order chi connectivity index (χ0) is 20.5. The van der Waals surface area contributed by atoms with Crippen molar-refractivity contribution in [3.8, 4) is 0 Å². The number of carbonyl (C=O) groups excluding carboxylic acids is 1. The third-order valence-corrected chi connectivity index (χ3v) is 4.85. The Balaban J connectivity index is 1.55. The van der Waals surface area contributed by atoms with Crippen LogP contribution in [-0.2, 0) is 13.1 Å². The van der Waals surface area contributed by atoms with Crippen LogP contribution in [0.3, 0.4) is 0 Å². The standard InChI is InChI=1S/C21H30N6O2/c1-3-22-20(28)18-7-5-17(6-8-18)15-24-21(23-4-2)27-12-10-26(11-13-27)16-19-9-14-29-25-19/h5-9,14H,3-4,10-13,15-16H2,1-2H3,(H,22,28)(H,23,24). The number of hydrogen-bond acceptors (Lipinski definition) is 5. The van der Waals surface area contributed by atoms with Crippen LogP contribution >= 0.6 is 0 Å². The molecule has 1 saturated heterocycles. The molecule has 1 aliphatic rings. The SMILES string of the molecule is CCNC(=O)c1ccc(CN=C(NCC)N2CCN(Cc3ccon3)CC2)cc1. The van der Waals surface area contributed by atoms with Crippen molar-refractivity contribution < 1.29 is 9.32 Å². The number of nitrogens with one attached hydrogen (secondary N) is 2. The molecule has 0 aliphatic carbocycles. The lowest BCUT2D eigenvalue weighted by Gasteiger charge is -2.36. The summed E-state index contributed by atoms with van der Waals surface area (Å²) in [4.78, 5) is 21.3. The van der Waals surface area contributed by atoms with E-state index >= 15 is 0 Å². The Morgan fingerprint density at radius 1 is 1.07 bits per heavy atom. The second-order valence-corrected chi connectivity index (χ2v) is 6.98. The fraction of sp³-hybridized carbons (Fsp3) is 0.476. The number of aliphatic imine (C=N–C) groups is 1. The molecular weight excluding hydrogens is 368 g/mol. The summed E-state index contributed by atoms with van der Waals surface area (Å²) in [5.41, 5.74) is 2.72. The Morgan fingerprint density at radius 3 is 2.41 bits per heavy atom. The summed E-state index contributed by atoms with van der Waals surface area (Å²) < 4.78 is 4.92. The lowest BCUT2D eigenvalue weighted by Crippen LogP contribution is -2.52. The first-order valence-corrected chi connectivity index (χ1v) is 10.2. The molecule has 1 aromatic heterocycles. The van der Waals surface area contributed by atoms with Gasteiger partial charge in [-0.15, -0.1) is 0 Å². The highest BCUT2D eigenvalue weighted by Crippen LogP contribution is 2.09. The van der Waals surface area contributed by atoms with E-state index in [9.17, 15) is 4.79 Å². The van der Waals surface area contributed by atoms with Crippen LogP contribution in [0, 0.1) is 0 Å². The van der Waals surface area contributed by atoms with Gasteiger partial charge in [0.1, 0.15) is 6.26 Å². The second kappa shape index (κ2) is 10.6. The van der Waals surface area contributed by atoms with Gasteiger partial charge in [0.25, 0.3) is 5.91 Å². The zero-order valence-corrected chi connectivity index (χ0v) is 17.2. The van der Waals surface area contributed by atoms with E-state index in [4.69, 9.17) is 9.52 Å². The summed E-state index contributed by atoms with van der Waals surface area (Å²) in [6, 6.07) is 9.55. The maximum atomic E-state index is 11.9. The molecule has 1 aliphatic heterocycles. The van der Waals surface area contributed by atoms with E-state index in [-0.39, 0.29) is 5.91 Å². The van der Waals surface area contributed by atoms with E-state index < -0.39 is 0 Å². The first-order chi connectivity index (χ1) is 14.2. The van der Waals surface area contributed by atoms with Crippen molar-refractivity contribution in [3.05, 3.63) is 53.4 Å². The normalized spacial score (nSPS) is 15.4. The van der Waals surface area contributed by atoms with Gasteiger partial charge in [0.15, 0.2) is 5.96 Å². The predicted molar refractivity (Wildman–Crippen MR) is 113 cm³/mol. The van der Waals surface area contributed by atoms with Crippen molar-refractivity contribution >= 4 is 11.9 Å². The molecule has 0 unspecified atom stereocenters. The molecule has 2 aromatic rings. The van der Waals surface area contributed by atoms with Crippen molar-refractivity contribution in [2.24, 2.45) is 4.99 Å². The van der Waals surface area contributed by atoms with Crippen molar-refractivity contribution in [2.75, 3.05) is 39.3 Å². The number of hydrogen-bond donors (Lipinski definition) is 2. The highest BCUT2D eigenvalue weighted by atomic mass is 16.5. The zero-order valence-electron chi connectivity index (χ0n) is 17.2. The number of guanidine groups is 1. The topological polar surface area (TPSA) is 86.0 Å². The molecule has 0 spiro atoms. The number of benzene rings is 1. The number of amides is 1. The van der Waals surface area contributed by atoms with Gasteiger partial charge in [0.05, 0.1) is 12.2 Å². The van der Waals surface area contributed by atoms with Gasteiger partial charge < -0.3 is 20.1 Å². The van der Waals surface area contributed by atoms with Crippen LogP contribution in [0.2, 0.25) is 0 Å². The Hall–Kier alpha value is -2.87. The van der Waals surface area contributed by atoms with Crippen molar-refractivity contribution in [1.82, 2.24) is 25.6 Å². The van der Waals surface area contributed by atoms with Crippen LogP contribution in [0.15, 0.2) is 46.1 Å². The number of carbonyl (C=O) groups is 1. The van der Waals surface area contributed by atoms with Crippen LogP contribution in [0.5, 0.6) is 0 Å². The minimum Gasteiger partial charge on any atom is -0.364 e. The highest BCUT2D eigenvalue weighted by Gasteiger charge is 2.20. The summed E-state index contributed by atoms with van der Waals surface area (Å²) in [6.07, 6.45) is 1.62. The summed E-state index contributed by atoms with van der Waals surface area (Å²) in [5, 5.41) is 10.2. The first kappa shape index (κ1) is 20.9. The Morgan fingerprint density at radius 2 is 1.79 bits per heavy atom. The lowest BCUT2D eigenvalue weighted by atomic mass is 10.1. The minimum atomic E-state index is -0.0422. The van der Waals surface area contributed by atoms with E-state index in [1.54, 1.807) is 6.26 Å². The van der Waals surface area contributed by atoms with Crippen LogP contribution in [0.4, 0.5) is 0 Å². The summed E-state index contributed by atoms with van der Waals surface area (Å²) >= 11 is 0. The Kier molecular flexibility index (Phi) is 7.63. The number of piperazine rings is 1. The molecule has 156 valence electrons. The van der Waals surface area contributed by atoms with E-state index in [2.05, 4.69) is 32.5 Å². The number of rotatable bonds is 7. The van der Waals surface area contributed by atoms with Crippen LogP contribution in [0.1, 0.15) is 35.5 Å². The Bertz CT molecular complexity index is 780. The third-order valence-electron chi connectivity index (χ3n) is 4.85. The van der Waals surface area contributed by atoms with Crippen molar-refractivity contribution in [2.45, 2.75) is 26.9 Å². The molecule has 29 heavy (non-hydrogen) atoms. The quantitative estimate of drug-likeness (QED) is 0.546. The molecule has 2 heterocycles. The molecule has 0 atom stereocenters. The Labute approximate surface area is 172 Å². The van der Waals surface area contributed by atoms with E-state index in [1.807, 2.05) is 37.3 Å². The highest BCUT2D eigenvalue weighted by molar-refractivity contribution is 5.94. The molecule has 8 nitrogen and oxygen atoms in total. The van der Waals surface area contributed by atoms with Gasteiger partial charge in [0, 0.05) is 57.4 Å². The van der Waals surface area contributed by atoms with E-state index in [0.717, 1.165) is 56.5 Å². The van der Waals surface area contributed by atoms with Gasteiger partial charge in [0.2, 0.25) is 0 Å². The summed E-state index contributed by atoms with van der Waals surface area (Å²) in [6.45, 7) is 10.6. The molecular formula is C21H30N6O2. The van der Waals surface area contributed by atoms with Crippen LogP contribution in [0.25, 0.3) is 0 Å². The molecule has 0 radical (unpaired) electrons. The monoisotopic (exact) mass is 398 g/mol. The van der Waals surface area contributed by atoms with Crippen molar-refractivity contribution in [3.63, 3.8) is 0 Å². The summed E-state index contributed by atoms with van der Waals surface area (Å²) in [5.74, 6) is 0.890. The number of nitrogens with zero attached hydrogens (tertiary/aromatic N) is 4. The number of aromatic nitrogens is 1. The van der Waals surface area contributed by atoms with Crippen molar-refractivity contribution in [1.29, 1.82) is 0 Å². The van der Waals surface area contributed by atoms with Gasteiger partial charge in [-0.25, -0.2) is 4.99 Å². The molecule has 0 bridgehead atoms. The van der Waals surface area contributed by atoms with Gasteiger partial charge in [-0.3, -0.25) is 9.69 Å². The smallest absolute Gasteiger partial charge is 0.251 e. The van der Waals surface area contributed by atoms with Crippen LogP contribution < -0.4 is 10.6 Å². The lowest BCUT2D eigenvalue weighted by molar-refractivity contribution is 0.0956. The predicted octanol–water partition coefficient (Wildman–Crippen LogP) is 1.71. The average Bonchev–Trinajstić information content (AvgIpc) is 3.25. The minimum absolute atomic E-state index is 0.0422. The molecule has 0 saturated carbocycles. The fourth-order valence-corrected chi connectivity index (χ4v) is 3.28. The molecule has 3 rings (SSSR count). The van der Waals surface area contributed by atoms with E-state index in [0.29, 0.717) is 18.7 Å². The third kappa shape index (κ3) is 6.05. The molecule has 1 aromatic carbocycles. The molecule has 1 fully saturated rings. The average molecular weight is 399 g/mol. The van der Waals surface area contributed by atoms with Crippen LogP contribution in [-0.4, -0.2) is 66.1 Å². The van der Waals surface area contributed by atoms with Gasteiger partial charge in [-0.2, -0.15) is 0 Å². The fourth-order valence-electron chi connectivity index (χ4n) is 3.28. The first-order valence-electron chi connectivity index (χ1n) is 10.2. The largest absolute Gasteiger partial charge is 0.364 e. The van der Waals surface area contributed by atoms with Gasteiger partial charge in [-0.1, -0.05) is 17.3 Å². The van der Waals surface area contributed by atoms with E-state index in [1.165, 1.54) is 0 Å². The van der Waals surface area contributed by atoms with Gasteiger partial charge in [-0.05, 0) is 31.5 Å². The molecule has 1 amide bonds. The molecule has 8 heteroatoms. The summed E-state index contributed by atoms with van der Waals surface area (Å²) in [7, 11) is 0. The second-order valence-electron chi connectivity index (χ2n) is 6.98. The maximum Gasteiger partial charge on any atom is 0.251 e.